The van der Waals surface area contributed by atoms with E-state index in [4.69, 9.17) is 4.74 Å². The number of rotatable bonds is 8. The molecule has 1 N–H and O–H groups in total. The van der Waals surface area contributed by atoms with E-state index >= 15 is 0 Å². The second kappa shape index (κ2) is 7.70. The van der Waals surface area contributed by atoms with Crippen LogP contribution in [0.15, 0.2) is 29.2 Å². The first kappa shape index (κ1) is 15.4. The Labute approximate surface area is 125 Å². The van der Waals surface area contributed by atoms with Crippen molar-refractivity contribution in [3.63, 3.8) is 0 Å². The zero-order valence-electron chi connectivity index (χ0n) is 12.2. The molecular formula is C16H23NO2S. The second-order valence-corrected chi connectivity index (χ2v) is 6.36. The molecule has 3 nitrogen and oxygen atoms in total. The molecule has 1 unspecified atom stereocenters. The van der Waals surface area contributed by atoms with E-state index in [1.54, 1.807) is 11.8 Å². The minimum absolute atomic E-state index is 0.107. The fraction of sp³-hybridized carbons (Fsp3) is 0.562. The van der Waals surface area contributed by atoms with Crippen molar-refractivity contribution in [1.29, 1.82) is 0 Å². The van der Waals surface area contributed by atoms with E-state index in [9.17, 15) is 4.79 Å². The van der Waals surface area contributed by atoms with Gasteiger partial charge in [0.05, 0.1) is 6.61 Å². The number of ether oxygens (including phenoxy) is 1. The van der Waals surface area contributed by atoms with Gasteiger partial charge >= 0.3 is 5.97 Å². The highest BCUT2D eigenvalue weighted by molar-refractivity contribution is 7.99. The molecule has 0 amide bonds. The van der Waals surface area contributed by atoms with Crippen molar-refractivity contribution >= 4 is 17.7 Å². The van der Waals surface area contributed by atoms with Gasteiger partial charge in [-0.25, -0.2) is 0 Å². The Morgan fingerprint density at radius 2 is 2.10 bits per heavy atom. The minimum atomic E-state index is -0.152. The molecule has 0 radical (unpaired) electrons. The minimum Gasteiger partial charge on any atom is -0.465 e. The van der Waals surface area contributed by atoms with Crippen LogP contribution in [0.2, 0.25) is 0 Å². The first-order valence-corrected chi connectivity index (χ1v) is 8.29. The first-order chi connectivity index (χ1) is 9.69. The van der Waals surface area contributed by atoms with Gasteiger partial charge < -0.3 is 10.1 Å². The molecule has 2 rings (SSSR count). The third-order valence-electron chi connectivity index (χ3n) is 3.28. The van der Waals surface area contributed by atoms with E-state index < -0.39 is 0 Å². The van der Waals surface area contributed by atoms with Gasteiger partial charge in [-0.2, -0.15) is 0 Å². The highest BCUT2D eigenvalue weighted by Gasteiger charge is 2.28. The Morgan fingerprint density at radius 1 is 1.40 bits per heavy atom. The Balaban J connectivity index is 1.78. The summed E-state index contributed by atoms with van der Waals surface area (Å²) in [5.74, 6) is 0.815. The number of aryl methyl sites for hydroxylation is 1. The fourth-order valence-electron chi connectivity index (χ4n) is 1.98. The van der Waals surface area contributed by atoms with Crippen LogP contribution in [0, 0.1) is 6.92 Å². The van der Waals surface area contributed by atoms with Crippen LogP contribution in [0.1, 0.15) is 31.7 Å². The van der Waals surface area contributed by atoms with E-state index in [1.807, 2.05) is 6.92 Å². The maximum atomic E-state index is 11.9. The first-order valence-electron chi connectivity index (χ1n) is 7.31. The monoisotopic (exact) mass is 293 g/mol. The number of hydrogen-bond acceptors (Lipinski definition) is 4. The predicted molar refractivity (Wildman–Crippen MR) is 83.1 cm³/mol. The van der Waals surface area contributed by atoms with Crippen LogP contribution < -0.4 is 5.32 Å². The van der Waals surface area contributed by atoms with Gasteiger partial charge in [-0.05, 0) is 45.2 Å². The van der Waals surface area contributed by atoms with Crippen molar-refractivity contribution in [1.82, 2.24) is 5.32 Å². The van der Waals surface area contributed by atoms with Gasteiger partial charge in [-0.3, -0.25) is 4.79 Å². The Morgan fingerprint density at radius 3 is 2.70 bits per heavy atom. The number of esters is 1. The lowest BCUT2D eigenvalue weighted by Gasteiger charge is -2.16. The third-order valence-corrected chi connectivity index (χ3v) is 4.33. The molecule has 0 spiro atoms. The smallest absolute Gasteiger partial charge is 0.323 e. The van der Waals surface area contributed by atoms with Gasteiger partial charge in [0.15, 0.2) is 0 Å². The van der Waals surface area contributed by atoms with Crippen molar-refractivity contribution in [2.75, 3.05) is 12.4 Å². The van der Waals surface area contributed by atoms with Gasteiger partial charge in [-0.1, -0.05) is 17.7 Å². The Kier molecular flexibility index (Phi) is 5.92. The van der Waals surface area contributed by atoms with Crippen LogP contribution in [-0.4, -0.2) is 30.4 Å². The highest BCUT2D eigenvalue weighted by atomic mass is 32.2. The highest BCUT2D eigenvalue weighted by Crippen LogP contribution is 2.23. The van der Waals surface area contributed by atoms with E-state index in [0.29, 0.717) is 12.6 Å². The summed E-state index contributed by atoms with van der Waals surface area (Å²) in [6, 6.07) is 8.87. The van der Waals surface area contributed by atoms with Crippen LogP contribution >= 0.6 is 11.8 Å². The number of benzene rings is 1. The molecule has 20 heavy (non-hydrogen) atoms. The van der Waals surface area contributed by atoms with Crippen LogP contribution in [-0.2, 0) is 9.53 Å². The van der Waals surface area contributed by atoms with Crippen LogP contribution in [0.5, 0.6) is 0 Å². The van der Waals surface area contributed by atoms with Crippen molar-refractivity contribution in [2.24, 2.45) is 0 Å². The number of hydrogen-bond donors (Lipinski definition) is 1. The topological polar surface area (TPSA) is 38.3 Å². The van der Waals surface area contributed by atoms with E-state index in [2.05, 4.69) is 36.5 Å². The number of carbonyl (C=O) groups is 1. The van der Waals surface area contributed by atoms with Crippen molar-refractivity contribution in [3.8, 4) is 0 Å². The summed E-state index contributed by atoms with van der Waals surface area (Å²) in [7, 11) is 0. The molecule has 1 atom stereocenters. The van der Waals surface area contributed by atoms with E-state index in [-0.39, 0.29) is 12.0 Å². The second-order valence-electron chi connectivity index (χ2n) is 5.20. The average Bonchev–Trinajstić information content (AvgIpc) is 3.24. The summed E-state index contributed by atoms with van der Waals surface area (Å²) in [5.41, 5.74) is 1.27. The van der Waals surface area contributed by atoms with Gasteiger partial charge in [0.25, 0.3) is 0 Å². The van der Waals surface area contributed by atoms with Crippen LogP contribution in [0.4, 0.5) is 0 Å². The largest absolute Gasteiger partial charge is 0.465 e. The van der Waals surface area contributed by atoms with Gasteiger partial charge in [0, 0.05) is 16.7 Å². The molecule has 1 aromatic rings. The molecular weight excluding hydrogens is 270 g/mol. The van der Waals surface area contributed by atoms with Crippen molar-refractivity contribution in [3.05, 3.63) is 29.8 Å². The van der Waals surface area contributed by atoms with E-state index in [1.165, 1.54) is 23.3 Å². The quantitative estimate of drug-likeness (QED) is 0.590. The lowest BCUT2D eigenvalue weighted by molar-refractivity contribution is -0.145. The van der Waals surface area contributed by atoms with Crippen molar-refractivity contribution in [2.45, 2.75) is 50.1 Å². The summed E-state index contributed by atoms with van der Waals surface area (Å²) < 4.78 is 5.14. The predicted octanol–water partition coefficient (Wildman–Crippen LogP) is 3.16. The normalized spacial score (nSPS) is 15.9. The lowest BCUT2D eigenvalue weighted by atomic mass is 10.2. The molecule has 1 aliphatic carbocycles. The molecule has 1 aromatic carbocycles. The zero-order valence-corrected chi connectivity index (χ0v) is 13.0. The third kappa shape index (κ3) is 5.17. The SMILES string of the molecule is CCOC(=O)C(CCSc1ccc(C)cc1)NC1CC1. The maximum Gasteiger partial charge on any atom is 0.323 e. The van der Waals surface area contributed by atoms with Crippen LogP contribution in [0.25, 0.3) is 0 Å². The Bertz CT molecular complexity index is 429. The molecule has 1 aliphatic rings. The lowest BCUT2D eigenvalue weighted by Crippen LogP contribution is -2.39. The molecule has 110 valence electrons. The fourth-order valence-corrected chi connectivity index (χ4v) is 2.89. The molecule has 0 aliphatic heterocycles. The average molecular weight is 293 g/mol. The number of nitrogens with one attached hydrogen (secondary N) is 1. The van der Waals surface area contributed by atoms with Crippen molar-refractivity contribution < 1.29 is 9.53 Å². The molecule has 0 saturated heterocycles. The molecule has 0 bridgehead atoms. The molecule has 0 aromatic heterocycles. The molecule has 1 saturated carbocycles. The number of thioether (sulfide) groups is 1. The van der Waals surface area contributed by atoms with Gasteiger partial charge in [0.1, 0.15) is 6.04 Å². The summed E-state index contributed by atoms with van der Waals surface area (Å²) in [5, 5.41) is 3.38. The Hall–Kier alpha value is -1.00. The summed E-state index contributed by atoms with van der Waals surface area (Å²) in [6.45, 7) is 4.39. The summed E-state index contributed by atoms with van der Waals surface area (Å²) in [4.78, 5) is 13.2. The number of carbonyl (C=O) groups excluding carboxylic acids is 1. The maximum absolute atomic E-state index is 11.9. The van der Waals surface area contributed by atoms with E-state index in [0.717, 1.165) is 12.2 Å². The molecule has 4 heteroatoms. The summed E-state index contributed by atoms with van der Waals surface area (Å²) >= 11 is 1.79. The summed E-state index contributed by atoms with van der Waals surface area (Å²) in [6.07, 6.45) is 3.18. The standard InChI is InChI=1S/C16H23NO2S/c1-3-19-16(18)15(17-13-6-7-13)10-11-20-14-8-4-12(2)5-9-14/h4-5,8-9,13,15,17H,3,6-7,10-11H2,1-2H3. The molecule has 1 fully saturated rings. The van der Waals surface area contributed by atoms with Gasteiger partial charge in [0.2, 0.25) is 0 Å². The van der Waals surface area contributed by atoms with Crippen LogP contribution in [0.3, 0.4) is 0 Å². The molecule has 0 heterocycles. The van der Waals surface area contributed by atoms with Gasteiger partial charge in [-0.15, -0.1) is 11.8 Å². The zero-order chi connectivity index (χ0) is 14.4.